The molecular weight excluding hydrogens is 418 g/mol. The summed E-state index contributed by atoms with van der Waals surface area (Å²) in [5, 5.41) is 2.78. The molecular formula is C26H22BO4P. The van der Waals surface area contributed by atoms with Crippen LogP contribution in [0.25, 0.3) is 0 Å². The molecule has 158 valence electrons. The SMILES string of the molecule is COC(=O)[PH](c1ccccc1)(c1ccccc1)c1ccccc1B1Oc2ccccc2O1. The van der Waals surface area contributed by atoms with Crippen molar-refractivity contribution in [2.75, 3.05) is 7.11 Å². The Hall–Kier alpha value is -3.56. The number of ether oxygens (including phenoxy) is 1. The molecule has 4 aromatic rings. The van der Waals surface area contributed by atoms with Crippen LogP contribution < -0.4 is 30.7 Å². The molecule has 6 heteroatoms. The maximum absolute atomic E-state index is 13.8. The summed E-state index contributed by atoms with van der Waals surface area (Å²) in [5.41, 5.74) is 0.589. The van der Waals surface area contributed by atoms with Crippen LogP contribution in [0.4, 0.5) is 4.79 Å². The van der Waals surface area contributed by atoms with E-state index in [-0.39, 0.29) is 5.71 Å². The molecule has 0 unspecified atom stereocenters. The van der Waals surface area contributed by atoms with Crippen LogP contribution in [0.2, 0.25) is 0 Å². The van der Waals surface area contributed by atoms with E-state index in [1.807, 2.05) is 109 Å². The van der Waals surface area contributed by atoms with Gasteiger partial charge in [-0.1, -0.05) is 0 Å². The second kappa shape index (κ2) is 8.53. The Morgan fingerprint density at radius 3 is 1.69 bits per heavy atom. The summed E-state index contributed by atoms with van der Waals surface area (Å²) in [5.74, 6) is 1.38. The van der Waals surface area contributed by atoms with Crippen LogP contribution in [0.5, 0.6) is 11.5 Å². The number of carbonyl (C=O) groups excluding carboxylic acids is 1. The molecule has 5 rings (SSSR count). The predicted molar refractivity (Wildman–Crippen MR) is 132 cm³/mol. The summed E-state index contributed by atoms with van der Waals surface area (Å²) in [7, 11) is -2.45. The predicted octanol–water partition coefficient (Wildman–Crippen LogP) is 3.65. The van der Waals surface area contributed by atoms with E-state index in [0.717, 1.165) is 21.4 Å². The van der Waals surface area contributed by atoms with Crippen molar-refractivity contribution in [3.63, 3.8) is 0 Å². The van der Waals surface area contributed by atoms with Crippen LogP contribution in [-0.4, -0.2) is 19.9 Å². The van der Waals surface area contributed by atoms with Gasteiger partial charge in [0.2, 0.25) is 0 Å². The van der Waals surface area contributed by atoms with Crippen LogP contribution in [0.1, 0.15) is 0 Å². The molecule has 0 saturated carbocycles. The second-order valence-electron chi connectivity index (χ2n) is 7.58. The van der Waals surface area contributed by atoms with Crippen molar-refractivity contribution in [1.29, 1.82) is 0 Å². The van der Waals surface area contributed by atoms with Gasteiger partial charge in [0, 0.05) is 0 Å². The minimum atomic E-state index is -3.26. The maximum atomic E-state index is 13.8. The van der Waals surface area contributed by atoms with E-state index >= 15 is 0 Å². The summed E-state index contributed by atoms with van der Waals surface area (Å²) < 4.78 is 17.8. The average Bonchev–Trinajstić information content (AvgIpc) is 3.30. The molecule has 4 aromatic carbocycles. The van der Waals surface area contributed by atoms with Gasteiger partial charge in [0.25, 0.3) is 0 Å². The first-order valence-electron chi connectivity index (χ1n) is 10.5. The zero-order chi connectivity index (χ0) is 22.0. The van der Waals surface area contributed by atoms with E-state index < -0.39 is 14.4 Å². The van der Waals surface area contributed by atoms with Gasteiger partial charge in [-0.05, 0) is 0 Å². The third-order valence-electron chi connectivity index (χ3n) is 5.84. The quantitative estimate of drug-likeness (QED) is 0.351. The summed E-state index contributed by atoms with van der Waals surface area (Å²) in [6.07, 6.45) is 0. The molecule has 0 spiro atoms. The zero-order valence-corrected chi connectivity index (χ0v) is 18.6. The summed E-state index contributed by atoms with van der Waals surface area (Å²) >= 11 is 0. The number of hydrogen-bond acceptors (Lipinski definition) is 4. The van der Waals surface area contributed by atoms with Crippen molar-refractivity contribution < 1.29 is 18.8 Å². The van der Waals surface area contributed by atoms with Gasteiger partial charge < -0.3 is 0 Å². The molecule has 0 aliphatic carbocycles. The Morgan fingerprint density at radius 1 is 0.688 bits per heavy atom. The summed E-state index contributed by atoms with van der Waals surface area (Å²) in [4.78, 5) is 13.8. The first-order valence-corrected chi connectivity index (χ1v) is 12.5. The van der Waals surface area contributed by atoms with E-state index in [1.54, 1.807) is 0 Å². The van der Waals surface area contributed by atoms with Gasteiger partial charge in [-0.3, -0.25) is 0 Å². The Kier molecular flexibility index (Phi) is 5.42. The molecule has 0 N–H and O–H groups in total. The molecule has 1 aliphatic heterocycles. The molecule has 0 fully saturated rings. The fourth-order valence-electron chi connectivity index (χ4n) is 4.42. The Labute approximate surface area is 188 Å². The van der Waals surface area contributed by atoms with Gasteiger partial charge in [-0.2, -0.15) is 0 Å². The molecule has 1 aliphatic rings. The van der Waals surface area contributed by atoms with Crippen molar-refractivity contribution in [2.24, 2.45) is 0 Å². The van der Waals surface area contributed by atoms with Crippen molar-refractivity contribution in [2.45, 2.75) is 0 Å². The van der Waals surface area contributed by atoms with Crippen LogP contribution in [0.15, 0.2) is 109 Å². The number of fused-ring (bicyclic) bond motifs is 1. The van der Waals surface area contributed by atoms with E-state index in [4.69, 9.17) is 14.0 Å². The average molecular weight is 440 g/mol. The standard InChI is InChI=1S/C26H22BO4P/c1-29-26(28)32(20-12-4-2-5-13-20,21-14-6-3-7-15-21)25-19-11-8-16-22(25)27-30-23-17-9-10-18-24(23)31-27/h2-19,32H,1H3. The molecule has 0 radical (unpaired) electrons. The molecule has 0 amide bonds. The van der Waals surface area contributed by atoms with Gasteiger partial charge in [-0.15, -0.1) is 0 Å². The minimum absolute atomic E-state index is 0.238. The summed E-state index contributed by atoms with van der Waals surface area (Å²) in [6.45, 7) is 0. The van der Waals surface area contributed by atoms with Crippen LogP contribution >= 0.6 is 7.26 Å². The van der Waals surface area contributed by atoms with Gasteiger partial charge >= 0.3 is 188 Å². The Morgan fingerprint density at radius 2 is 1.16 bits per heavy atom. The molecule has 1 heterocycles. The normalized spacial score (nSPS) is 13.0. The fourth-order valence-corrected chi connectivity index (χ4v) is 8.74. The van der Waals surface area contributed by atoms with E-state index in [9.17, 15) is 4.79 Å². The third-order valence-corrected chi connectivity index (χ3v) is 10.3. The third kappa shape index (κ3) is 3.26. The van der Waals surface area contributed by atoms with Crippen molar-refractivity contribution >= 4 is 41.5 Å². The van der Waals surface area contributed by atoms with Gasteiger partial charge in [0.15, 0.2) is 0 Å². The van der Waals surface area contributed by atoms with Crippen LogP contribution in [0, 0.1) is 0 Å². The molecule has 0 aromatic heterocycles. The molecule has 32 heavy (non-hydrogen) atoms. The number of carbonyl (C=O) groups is 1. The van der Waals surface area contributed by atoms with E-state index in [1.165, 1.54) is 7.11 Å². The fraction of sp³-hybridized carbons (Fsp3) is 0.0385. The number of para-hydroxylation sites is 2. The van der Waals surface area contributed by atoms with E-state index in [0.29, 0.717) is 11.5 Å². The zero-order valence-electron chi connectivity index (χ0n) is 17.6. The first kappa shape index (κ1) is 20.4. The van der Waals surface area contributed by atoms with Gasteiger partial charge in [-0.25, -0.2) is 0 Å². The van der Waals surface area contributed by atoms with Crippen LogP contribution in [0.3, 0.4) is 0 Å². The molecule has 0 bridgehead atoms. The molecule has 0 saturated heterocycles. The Bertz CT molecular complexity index is 1180. The number of hydrogen-bond donors (Lipinski definition) is 0. The van der Waals surface area contributed by atoms with Crippen LogP contribution in [-0.2, 0) is 4.74 Å². The van der Waals surface area contributed by atoms with Gasteiger partial charge in [0.05, 0.1) is 0 Å². The first-order chi connectivity index (χ1) is 15.7. The topological polar surface area (TPSA) is 44.8 Å². The van der Waals surface area contributed by atoms with Crippen molar-refractivity contribution in [3.05, 3.63) is 109 Å². The Balaban J connectivity index is 1.77. The number of methoxy groups -OCH3 is 1. The molecule has 0 atom stereocenters. The number of rotatable bonds is 5. The second-order valence-corrected chi connectivity index (χ2v) is 11.2. The molecule has 4 nitrogen and oxygen atoms in total. The summed E-state index contributed by atoms with van der Waals surface area (Å²) in [6, 6.07) is 35.3. The number of benzene rings is 4. The van der Waals surface area contributed by atoms with Gasteiger partial charge in [0.1, 0.15) is 0 Å². The van der Waals surface area contributed by atoms with Crippen molar-refractivity contribution in [3.8, 4) is 11.5 Å². The van der Waals surface area contributed by atoms with E-state index in [2.05, 4.69) is 0 Å². The monoisotopic (exact) mass is 440 g/mol. The van der Waals surface area contributed by atoms with Crippen molar-refractivity contribution in [1.82, 2.24) is 0 Å².